The first-order valence-corrected chi connectivity index (χ1v) is 8.18. The van der Waals surface area contributed by atoms with Crippen LogP contribution in [0.4, 0.5) is 43.9 Å². The van der Waals surface area contributed by atoms with Crippen molar-refractivity contribution in [3.05, 3.63) is 69.3 Å². The molecule has 0 spiro atoms. The molecule has 0 N–H and O–H groups in total. The van der Waals surface area contributed by atoms with E-state index in [0.29, 0.717) is 0 Å². The Morgan fingerprint density at radius 2 is 0.800 bits per heavy atom. The highest BCUT2D eigenvalue weighted by Gasteiger charge is 2.47. The number of terminal acetylenes is 1. The van der Waals surface area contributed by atoms with Gasteiger partial charge in [0.05, 0.1) is 0 Å². The summed E-state index contributed by atoms with van der Waals surface area (Å²) in [5, 5.41) is 0. The maximum atomic E-state index is 14.2. The lowest BCUT2D eigenvalue weighted by atomic mass is 9.88. The summed E-state index contributed by atoms with van der Waals surface area (Å²) in [4.78, 5) is 0. The standard InChI is InChI=1S/C19H8F10O/c1-2-30-19-5(7-9(20)13(24)17(28)14(25)10(7)21)3-4-6(19)8-11(22)15(26)18(29)16(27)12(8)23/h1,5-6,19H,3-4H2. The fraction of sp³-hybridized carbons (Fsp3) is 0.263. The van der Waals surface area contributed by atoms with Gasteiger partial charge >= 0.3 is 0 Å². The van der Waals surface area contributed by atoms with E-state index in [1.807, 2.05) is 0 Å². The van der Waals surface area contributed by atoms with Crippen LogP contribution in [-0.2, 0) is 4.74 Å². The lowest BCUT2D eigenvalue weighted by molar-refractivity contribution is 0.132. The molecular formula is C19H8F10O. The normalized spacial score (nSPS) is 21.0. The molecule has 3 rings (SSSR count). The van der Waals surface area contributed by atoms with E-state index in [2.05, 4.69) is 0 Å². The second-order valence-corrected chi connectivity index (χ2v) is 6.46. The third kappa shape index (κ3) is 3.05. The maximum Gasteiger partial charge on any atom is 0.200 e. The maximum absolute atomic E-state index is 14.2. The van der Waals surface area contributed by atoms with Crippen molar-refractivity contribution in [2.75, 3.05) is 0 Å². The van der Waals surface area contributed by atoms with Gasteiger partial charge in [-0.2, -0.15) is 0 Å². The molecule has 1 nitrogen and oxygen atoms in total. The molecule has 2 atom stereocenters. The van der Waals surface area contributed by atoms with E-state index < -0.39 is 100 Å². The monoisotopic (exact) mass is 442 g/mol. The van der Waals surface area contributed by atoms with Crippen LogP contribution in [0.1, 0.15) is 35.8 Å². The minimum absolute atomic E-state index is 0.491. The molecule has 0 aliphatic heterocycles. The Bertz CT molecular complexity index is 939. The van der Waals surface area contributed by atoms with Crippen molar-refractivity contribution < 1.29 is 48.6 Å². The van der Waals surface area contributed by atoms with Crippen LogP contribution in [0.3, 0.4) is 0 Å². The predicted molar refractivity (Wildman–Crippen MR) is 80.9 cm³/mol. The minimum atomic E-state index is -2.43. The average Bonchev–Trinajstić information content (AvgIpc) is 3.11. The lowest BCUT2D eigenvalue weighted by Gasteiger charge is -2.25. The smallest absolute Gasteiger partial charge is 0.200 e. The fourth-order valence-corrected chi connectivity index (χ4v) is 3.72. The van der Waals surface area contributed by atoms with Gasteiger partial charge in [-0.25, -0.2) is 43.9 Å². The first kappa shape index (κ1) is 21.8. The van der Waals surface area contributed by atoms with E-state index in [0.717, 1.165) is 0 Å². The highest BCUT2D eigenvalue weighted by Crippen LogP contribution is 2.49. The first-order chi connectivity index (χ1) is 14.0. The van der Waals surface area contributed by atoms with Crippen molar-refractivity contribution in [3.8, 4) is 12.5 Å². The highest BCUT2D eigenvalue weighted by atomic mass is 19.2. The quantitative estimate of drug-likeness (QED) is 0.256. The first-order valence-electron chi connectivity index (χ1n) is 8.18. The van der Waals surface area contributed by atoms with E-state index in [-0.39, 0.29) is 0 Å². The third-order valence-electron chi connectivity index (χ3n) is 5.02. The topological polar surface area (TPSA) is 9.23 Å². The highest BCUT2D eigenvalue weighted by molar-refractivity contribution is 5.35. The molecule has 1 saturated carbocycles. The van der Waals surface area contributed by atoms with Crippen LogP contribution in [-0.4, -0.2) is 6.10 Å². The van der Waals surface area contributed by atoms with Crippen LogP contribution in [0.2, 0.25) is 0 Å². The van der Waals surface area contributed by atoms with Gasteiger partial charge in [0.1, 0.15) is 12.2 Å². The zero-order chi connectivity index (χ0) is 22.5. The Labute approximate surface area is 162 Å². The Hall–Kier alpha value is -2.90. The molecular weight excluding hydrogens is 434 g/mol. The molecule has 2 aromatic rings. The Balaban J connectivity index is 2.19. The molecule has 0 radical (unpaired) electrons. The van der Waals surface area contributed by atoms with E-state index >= 15 is 0 Å². The summed E-state index contributed by atoms with van der Waals surface area (Å²) in [7, 11) is 0. The molecule has 0 aromatic heterocycles. The molecule has 2 aromatic carbocycles. The lowest BCUT2D eigenvalue weighted by Crippen LogP contribution is -2.26. The van der Waals surface area contributed by atoms with E-state index in [4.69, 9.17) is 11.2 Å². The molecule has 11 heteroatoms. The van der Waals surface area contributed by atoms with Gasteiger partial charge in [-0.05, 0) is 12.8 Å². The molecule has 0 bridgehead atoms. The van der Waals surface area contributed by atoms with Gasteiger partial charge in [0.25, 0.3) is 0 Å². The van der Waals surface area contributed by atoms with Crippen molar-refractivity contribution in [3.63, 3.8) is 0 Å². The average molecular weight is 442 g/mol. The van der Waals surface area contributed by atoms with Gasteiger partial charge < -0.3 is 4.74 Å². The predicted octanol–water partition coefficient (Wildman–Crippen LogP) is 5.71. The Morgan fingerprint density at radius 3 is 1.07 bits per heavy atom. The van der Waals surface area contributed by atoms with E-state index in [9.17, 15) is 43.9 Å². The fourth-order valence-electron chi connectivity index (χ4n) is 3.72. The van der Waals surface area contributed by atoms with Gasteiger partial charge in [-0.3, -0.25) is 0 Å². The van der Waals surface area contributed by atoms with Crippen molar-refractivity contribution in [2.24, 2.45) is 0 Å². The second-order valence-electron chi connectivity index (χ2n) is 6.46. The van der Waals surface area contributed by atoms with Crippen LogP contribution in [0.25, 0.3) is 0 Å². The number of hydrogen-bond acceptors (Lipinski definition) is 1. The third-order valence-corrected chi connectivity index (χ3v) is 5.02. The van der Waals surface area contributed by atoms with Crippen molar-refractivity contribution >= 4 is 0 Å². The Kier molecular flexibility index (Phi) is 5.62. The van der Waals surface area contributed by atoms with E-state index in [1.54, 1.807) is 6.11 Å². The van der Waals surface area contributed by atoms with Gasteiger partial charge in [0.2, 0.25) is 11.6 Å². The Morgan fingerprint density at radius 1 is 0.533 bits per heavy atom. The zero-order valence-corrected chi connectivity index (χ0v) is 14.4. The molecule has 160 valence electrons. The summed E-state index contributed by atoms with van der Waals surface area (Å²) in [5.74, 6) is -26.3. The number of ether oxygens (including phenoxy) is 1. The molecule has 1 aliphatic rings. The van der Waals surface area contributed by atoms with Gasteiger partial charge in [0, 0.05) is 23.0 Å². The van der Waals surface area contributed by atoms with Gasteiger partial charge in [0.15, 0.2) is 46.5 Å². The van der Waals surface area contributed by atoms with Crippen molar-refractivity contribution in [1.82, 2.24) is 0 Å². The summed E-state index contributed by atoms with van der Waals surface area (Å²) < 4.78 is 142. The summed E-state index contributed by atoms with van der Waals surface area (Å²) in [6.07, 6.45) is 3.67. The van der Waals surface area contributed by atoms with Crippen LogP contribution in [0.5, 0.6) is 0 Å². The molecule has 0 heterocycles. The number of halogens is 10. The molecule has 0 saturated heterocycles. The number of hydrogen-bond donors (Lipinski definition) is 0. The summed E-state index contributed by atoms with van der Waals surface area (Å²) in [6.45, 7) is 0. The van der Waals surface area contributed by atoms with Gasteiger partial charge in [-0.1, -0.05) is 6.42 Å². The molecule has 2 unspecified atom stereocenters. The molecule has 30 heavy (non-hydrogen) atoms. The van der Waals surface area contributed by atoms with E-state index in [1.165, 1.54) is 0 Å². The van der Waals surface area contributed by atoms with Crippen molar-refractivity contribution in [2.45, 2.75) is 30.8 Å². The molecule has 0 amide bonds. The zero-order valence-electron chi connectivity index (χ0n) is 14.4. The SMILES string of the molecule is C#COC1C(c2c(F)c(F)c(F)c(F)c2F)CCC1c1c(F)c(F)c(F)c(F)c1F. The van der Waals surface area contributed by atoms with Crippen LogP contribution in [0.15, 0.2) is 0 Å². The van der Waals surface area contributed by atoms with Crippen molar-refractivity contribution in [1.29, 1.82) is 0 Å². The van der Waals surface area contributed by atoms with Crippen LogP contribution in [0, 0.1) is 70.7 Å². The second kappa shape index (κ2) is 7.74. The number of rotatable bonds is 3. The number of benzene rings is 2. The van der Waals surface area contributed by atoms with Crippen LogP contribution < -0.4 is 0 Å². The van der Waals surface area contributed by atoms with Crippen LogP contribution >= 0.6 is 0 Å². The molecule has 1 aliphatic carbocycles. The summed E-state index contributed by atoms with van der Waals surface area (Å²) >= 11 is 0. The molecule has 1 fully saturated rings. The largest absolute Gasteiger partial charge is 0.442 e. The van der Waals surface area contributed by atoms with Gasteiger partial charge in [-0.15, -0.1) is 0 Å². The minimum Gasteiger partial charge on any atom is -0.442 e. The summed E-state index contributed by atoms with van der Waals surface area (Å²) in [5.41, 5.74) is -2.73. The summed E-state index contributed by atoms with van der Waals surface area (Å²) in [6, 6.07) is 0.